The molecule has 0 aromatic heterocycles. The molecular formula is C23H22N2O6. The number of carbonyl (C=O) groups is 2. The zero-order valence-corrected chi connectivity index (χ0v) is 17.1. The number of rotatable bonds is 5. The van der Waals surface area contributed by atoms with E-state index in [1.54, 1.807) is 25.3 Å². The lowest BCUT2D eigenvalue weighted by Gasteiger charge is -2.29. The summed E-state index contributed by atoms with van der Waals surface area (Å²) in [6, 6.07) is 12.6. The molecule has 0 radical (unpaired) electrons. The Morgan fingerprint density at radius 2 is 1.68 bits per heavy atom. The molecular weight excluding hydrogens is 400 g/mol. The fourth-order valence-electron chi connectivity index (χ4n) is 4.03. The summed E-state index contributed by atoms with van der Waals surface area (Å²) < 4.78 is 21.5. The molecule has 8 nitrogen and oxygen atoms in total. The van der Waals surface area contributed by atoms with Crippen molar-refractivity contribution >= 4 is 17.4 Å². The van der Waals surface area contributed by atoms with E-state index in [4.69, 9.17) is 18.9 Å². The van der Waals surface area contributed by atoms with Crippen molar-refractivity contribution in [3.05, 3.63) is 59.3 Å². The van der Waals surface area contributed by atoms with Gasteiger partial charge in [-0.1, -0.05) is 18.2 Å². The number of hydrogen-bond acceptors (Lipinski definition) is 7. The first-order valence-corrected chi connectivity index (χ1v) is 10.1. The molecule has 1 fully saturated rings. The molecule has 0 bridgehead atoms. The van der Waals surface area contributed by atoms with Crippen molar-refractivity contribution in [3.8, 4) is 17.2 Å². The molecule has 2 aromatic rings. The van der Waals surface area contributed by atoms with E-state index in [9.17, 15) is 9.59 Å². The van der Waals surface area contributed by atoms with Gasteiger partial charge in [-0.2, -0.15) is 0 Å². The van der Waals surface area contributed by atoms with E-state index in [1.807, 2.05) is 29.2 Å². The summed E-state index contributed by atoms with van der Waals surface area (Å²) >= 11 is 0. The molecule has 0 unspecified atom stereocenters. The number of ether oxygens (including phenoxy) is 4. The quantitative estimate of drug-likeness (QED) is 0.683. The van der Waals surface area contributed by atoms with Crippen LogP contribution in [0.25, 0.3) is 5.57 Å². The molecule has 31 heavy (non-hydrogen) atoms. The summed E-state index contributed by atoms with van der Waals surface area (Å²) in [5.74, 6) is 1.36. The van der Waals surface area contributed by atoms with Crippen molar-refractivity contribution in [2.75, 3.05) is 40.2 Å². The average molecular weight is 422 g/mol. The lowest BCUT2D eigenvalue weighted by atomic mass is 10.0. The fraction of sp³-hybridized carbons (Fsp3) is 0.304. The van der Waals surface area contributed by atoms with E-state index < -0.39 is 0 Å². The molecule has 3 aliphatic rings. The number of methoxy groups -OCH3 is 1. The van der Waals surface area contributed by atoms with Gasteiger partial charge in [0.2, 0.25) is 6.79 Å². The third kappa shape index (κ3) is 3.48. The molecule has 2 amide bonds. The van der Waals surface area contributed by atoms with Crippen LogP contribution in [-0.2, 0) is 20.9 Å². The maximum absolute atomic E-state index is 13.5. The Labute approximate surface area is 179 Å². The Morgan fingerprint density at radius 1 is 0.935 bits per heavy atom. The summed E-state index contributed by atoms with van der Waals surface area (Å²) in [6.45, 7) is 2.48. The SMILES string of the molecule is COc1ccc(C2=C(N3CCOCC3)C(=O)N(Cc3ccc4c(c3)OCO4)C2=O)cc1. The maximum Gasteiger partial charge on any atom is 0.278 e. The molecule has 5 rings (SSSR count). The van der Waals surface area contributed by atoms with E-state index in [2.05, 4.69) is 0 Å². The minimum atomic E-state index is -0.311. The third-order valence-corrected chi connectivity index (χ3v) is 5.63. The van der Waals surface area contributed by atoms with Crippen LogP contribution in [0.3, 0.4) is 0 Å². The summed E-state index contributed by atoms with van der Waals surface area (Å²) in [7, 11) is 1.59. The van der Waals surface area contributed by atoms with Crippen LogP contribution in [0.2, 0.25) is 0 Å². The molecule has 3 heterocycles. The highest BCUT2D eigenvalue weighted by Crippen LogP contribution is 2.36. The fourth-order valence-corrected chi connectivity index (χ4v) is 4.03. The predicted octanol–water partition coefficient (Wildman–Crippen LogP) is 2.04. The van der Waals surface area contributed by atoms with Crippen LogP contribution in [0.4, 0.5) is 0 Å². The van der Waals surface area contributed by atoms with E-state index >= 15 is 0 Å². The number of amides is 2. The van der Waals surface area contributed by atoms with Crippen molar-refractivity contribution in [2.24, 2.45) is 0 Å². The summed E-state index contributed by atoms with van der Waals surface area (Å²) in [5.41, 5.74) is 2.33. The number of fused-ring (bicyclic) bond motifs is 1. The highest BCUT2D eigenvalue weighted by atomic mass is 16.7. The second-order valence-corrected chi connectivity index (χ2v) is 7.44. The molecule has 0 saturated carbocycles. The van der Waals surface area contributed by atoms with Gasteiger partial charge in [0.15, 0.2) is 11.5 Å². The van der Waals surface area contributed by atoms with Crippen molar-refractivity contribution in [3.63, 3.8) is 0 Å². The van der Waals surface area contributed by atoms with Crippen LogP contribution in [0.1, 0.15) is 11.1 Å². The van der Waals surface area contributed by atoms with Gasteiger partial charge in [0.05, 0.1) is 32.4 Å². The lowest BCUT2D eigenvalue weighted by molar-refractivity contribution is -0.138. The summed E-state index contributed by atoms with van der Waals surface area (Å²) in [5, 5.41) is 0. The Bertz CT molecular complexity index is 1060. The van der Waals surface area contributed by atoms with Crippen LogP contribution in [-0.4, -0.2) is 61.8 Å². The minimum absolute atomic E-state index is 0.155. The molecule has 0 spiro atoms. The number of hydrogen-bond donors (Lipinski definition) is 0. The molecule has 0 atom stereocenters. The number of benzene rings is 2. The molecule has 0 aliphatic carbocycles. The zero-order valence-electron chi connectivity index (χ0n) is 17.1. The Hall–Kier alpha value is -3.52. The van der Waals surface area contributed by atoms with Gasteiger partial charge in [-0.3, -0.25) is 14.5 Å². The Balaban J connectivity index is 1.49. The van der Waals surface area contributed by atoms with Gasteiger partial charge in [0.25, 0.3) is 11.8 Å². The van der Waals surface area contributed by atoms with Crippen molar-refractivity contribution < 1.29 is 28.5 Å². The van der Waals surface area contributed by atoms with Crippen LogP contribution in [0.15, 0.2) is 48.2 Å². The zero-order chi connectivity index (χ0) is 21.4. The van der Waals surface area contributed by atoms with E-state index in [1.165, 1.54) is 4.90 Å². The molecule has 8 heteroatoms. The maximum atomic E-state index is 13.5. The first-order chi connectivity index (χ1) is 15.2. The van der Waals surface area contributed by atoms with Gasteiger partial charge >= 0.3 is 0 Å². The third-order valence-electron chi connectivity index (χ3n) is 5.63. The number of nitrogens with zero attached hydrogens (tertiary/aromatic N) is 2. The van der Waals surface area contributed by atoms with Crippen LogP contribution in [0.5, 0.6) is 17.2 Å². The molecule has 3 aliphatic heterocycles. The van der Waals surface area contributed by atoms with Crippen molar-refractivity contribution in [1.82, 2.24) is 9.80 Å². The topological polar surface area (TPSA) is 77.5 Å². The smallest absolute Gasteiger partial charge is 0.278 e. The van der Waals surface area contributed by atoms with Gasteiger partial charge < -0.3 is 23.8 Å². The number of morpholine rings is 1. The minimum Gasteiger partial charge on any atom is -0.497 e. The van der Waals surface area contributed by atoms with E-state index in [-0.39, 0.29) is 25.2 Å². The van der Waals surface area contributed by atoms with Gasteiger partial charge in [0, 0.05) is 13.1 Å². The first kappa shape index (κ1) is 19.4. The van der Waals surface area contributed by atoms with Crippen molar-refractivity contribution in [2.45, 2.75) is 6.54 Å². The molecule has 2 aromatic carbocycles. The first-order valence-electron chi connectivity index (χ1n) is 10.1. The highest BCUT2D eigenvalue weighted by molar-refractivity contribution is 6.35. The molecule has 0 N–H and O–H groups in total. The largest absolute Gasteiger partial charge is 0.497 e. The monoisotopic (exact) mass is 422 g/mol. The second-order valence-electron chi connectivity index (χ2n) is 7.44. The van der Waals surface area contributed by atoms with Crippen LogP contribution >= 0.6 is 0 Å². The molecule has 1 saturated heterocycles. The van der Waals surface area contributed by atoms with Gasteiger partial charge in [0.1, 0.15) is 11.4 Å². The van der Waals surface area contributed by atoms with Crippen LogP contribution < -0.4 is 14.2 Å². The lowest BCUT2D eigenvalue weighted by Crippen LogP contribution is -2.40. The molecule has 160 valence electrons. The standard InChI is InChI=1S/C23H22N2O6/c1-28-17-5-3-16(4-6-17)20-21(24-8-10-29-11-9-24)23(27)25(22(20)26)13-15-2-7-18-19(12-15)31-14-30-18/h2-7,12H,8-11,13-14H2,1H3. The van der Waals surface area contributed by atoms with Crippen molar-refractivity contribution in [1.29, 1.82) is 0 Å². The average Bonchev–Trinajstić information content (AvgIpc) is 3.37. The normalized spacial score (nSPS) is 18.2. The van der Waals surface area contributed by atoms with E-state index in [0.29, 0.717) is 60.4 Å². The van der Waals surface area contributed by atoms with Gasteiger partial charge in [-0.25, -0.2) is 0 Å². The number of carbonyl (C=O) groups excluding carboxylic acids is 2. The summed E-state index contributed by atoms with van der Waals surface area (Å²) in [6.07, 6.45) is 0. The summed E-state index contributed by atoms with van der Waals surface area (Å²) in [4.78, 5) is 30.1. The number of imide groups is 1. The van der Waals surface area contributed by atoms with Gasteiger partial charge in [-0.05, 0) is 35.4 Å². The Kier molecular flexibility index (Phi) is 4.99. The Morgan fingerprint density at radius 3 is 2.42 bits per heavy atom. The highest BCUT2D eigenvalue weighted by Gasteiger charge is 2.42. The van der Waals surface area contributed by atoms with E-state index in [0.717, 1.165) is 5.56 Å². The second kappa shape index (κ2) is 7.96. The van der Waals surface area contributed by atoms with Gasteiger partial charge in [-0.15, -0.1) is 0 Å². The van der Waals surface area contributed by atoms with Crippen LogP contribution in [0, 0.1) is 0 Å². The predicted molar refractivity (Wildman–Crippen MR) is 110 cm³/mol.